The Kier molecular flexibility index (Phi) is 5.50. The van der Waals surface area contributed by atoms with Crippen LogP contribution in [0.1, 0.15) is 20.3 Å². The van der Waals surface area contributed by atoms with Crippen molar-refractivity contribution in [2.75, 3.05) is 18.1 Å². The third-order valence-electron chi connectivity index (χ3n) is 2.70. The Hall–Kier alpha value is -1.40. The van der Waals surface area contributed by atoms with Crippen LogP contribution in [0.15, 0.2) is 12.1 Å². The lowest BCUT2D eigenvalue weighted by Gasteiger charge is -2.28. The highest BCUT2D eigenvalue weighted by atomic mass is 35.5. The molecule has 0 aliphatic heterocycles. The number of halogens is 2. The molecule has 0 unspecified atom stereocenters. The van der Waals surface area contributed by atoms with Gasteiger partial charge in [0.25, 0.3) is 5.69 Å². The summed E-state index contributed by atoms with van der Waals surface area (Å²) in [6.45, 7) is 4.05. The minimum atomic E-state index is -0.697. The number of anilines is 1. The average Bonchev–Trinajstić information content (AvgIpc) is 2.32. The average molecular weight is 291 g/mol. The summed E-state index contributed by atoms with van der Waals surface area (Å²) < 4.78 is 13.5. The van der Waals surface area contributed by atoms with Gasteiger partial charge in [-0.25, -0.2) is 4.39 Å². The normalized spacial score (nSPS) is 10.8. The van der Waals surface area contributed by atoms with Crippen LogP contribution < -0.4 is 4.90 Å². The van der Waals surface area contributed by atoms with Crippen LogP contribution in [0.5, 0.6) is 0 Å². The molecule has 7 heteroatoms. The van der Waals surface area contributed by atoms with Crippen LogP contribution in [0.25, 0.3) is 0 Å². The van der Waals surface area contributed by atoms with Gasteiger partial charge in [0.2, 0.25) is 0 Å². The van der Waals surface area contributed by atoms with E-state index in [2.05, 4.69) is 0 Å². The second kappa shape index (κ2) is 6.68. The van der Waals surface area contributed by atoms with Crippen molar-refractivity contribution >= 4 is 23.0 Å². The van der Waals surface area contributed by atoms with Gasteiger partial charge < -0.3 is 10.0 Å². The van der Waals surface area contributed by atoms with Crippen molar-refractivity contribution in [1.29, 1.82) is 0 Å². The molecule has 19 heavy (non-hydrogen) atoms. The molecular formula is C12H16ClFN2O3. The molecule has 0 atom stereocenters. The van der Waals surface area contributed by atoms with Gasteiger partial charge in [0.05, 0.1) is 9.95 Å². The number of nitrogens with zero attached hydrogens (tertiary/aromatic N) is 2. The van der Waals surface area contributed by atoms with E-state index in [1.54, 1.807) is 4.90 Å². The number of aliphatic hydroxyl groups is 1. The van der Waals surface area contributed by atoms with Gasteiger partial charge in [0.15, 0.2) is 0 Å². The molecular weight excluding hydrogens is 275 g/mol. The Bertz CT molecular complexity index is 469. The molecule has 5 nitrogen and oxygen atoms in total. The van der Waals surface area contributed by atoms with E-state index in [0.29, 0.717) is 13.0 Å². The van der Waals surface area contributed by atoms with Gasteiger partial charge in [-0.2, -0.15) is 0 Å². The van der Waals surface area contributed by atoms with Crippen LogP contribution in [-0.4, -0.2) is 29.2 Å². The summed E-state index contributed by atoms with van der Waals surface area (Å²) in [5.74, 6) is -0.697. The summed E-state index contributed by atoms with van der Waals surface area (Å²) in [6.07, 6.45) is 0.444. The molecule has 0 amide bonds. The van der Waals surface area contributed by atoms with E-state index < -0.39 is 10.7 Å². The molecule has 0 aliphatic rings. The van der Waals surface area contributed by atoms with Crippen molar-refractivity contribution < 1.29 is 14.4 Å². The molecule has 0 saturated carbocycles. The minimum absolute atomic E-state index is 0.0346. The molecule has 0 fully saturated rings. The zero-order valence-corrected chi connectivity index (χ0v) is 11.5. The first-order valence-corrected chi connectivity index (χ1v) is 6.27. The number of hydrogen-bond donors (Lipinski definition) is 1. The summed E-state index contributed by atoms with van der Waals surface area (Å²) in [7, 11) is 0. The summed E-state index contributed by atoms with van der Waals surface area (Å²) in [4.78, 5) is 12.1. The van der Waals surface area contributed by atoms with Gasteiger partial charge in [-0.1, -0.05) is 11.6 Å². The highest BCUT2D eigenvalue weighted by Gasteiger charge is 2.23. The first kappa shape index (κ1) is 15.7. The SMILES string of the molecule is CC(C)N(CCCO)c1cc(F)c(Cl)cc1[N+](=O)[O-]. The molecule has 0 aromatic heterocycles. The van der Waals surface area contributed by atoms with Crippen molar-refractivity contribution in [3.05, 3.63) is 33.1 Å². The molecule has 106 valence electrons. The fourth-order valence-corrected chi connectivity index (χ4v) is 1.96. The quantitative estimate of drug-likeness (QED) is 0.646. The van der Waals surface area contributed by atoms with Crippen molar-refractivity contribution in [2.24, 2.45) is 0 Å². The first-order valence-electron chi connectivity index (χ1n) is 5.89. The zero-order chi connectivity index (χ0) is 14.6. The van der Waals surface area contributed by atoms with Gasteiger partial charge in [0.1, 0.15) is 11.5 Å². The number of aliphatic hydroxyl groups excluding tert-OH is 1. The fourth-order valence-electron chi connectivity index (χ4n) is 1.80. The molecule has 1 aromatic carbocycles. The predicted molar refractivity (Wildman–Crippen MR) is 72.2 cm³/mol. The predicted octanol–water partition coefficient (Wildman–Crippen LogP) is 2.98. The highest BCUT2D eigenvalue weighted by molar-refractivity contribution is 6.31. The van der Waals surface area contributed by atoms with Crippen LogP contribution in [0, 0.1) is 15.9 Å². The number of nitro benzene ring substituents is 1. The topological polar surface area (TPSA) is 66.6 Å². The molecule has 1 aromatic rings. The van der Waals surface area contributed by atoms with Crippen LogP contribution in [0.2, 0.25) is 5.02 Å². The number of rotatable bonds is 6. The Morgan fingerprint density at radius 1 is 1.53 bits per heavy atom. The molecule has 0 heterocycles. The van der Waals surface area contributed by atoms with Crippen LogP contribution >= 0.6 is 11.6 Å². The van der Waals surface area contributed by atoms with E-state index in [1.807, 2.05) is 13.8 Å². The Balaban J connectivity index is 3.27. The lowest BCUT2D eigenvalue weighted by atomic mass is 10.2. The fraction of sp³-hybridized carbons (Fsp3) is 0.500. The molecule has 1 N–H and O–H groups in total. The summed E-state index contributed by atoms with van der Waals surface area (Å²) >= 11 is 5.58. The second-order valence-electron chi connectivity index (χ2n) is 4.38. The first-order chi connectivity index (χ1) is 8.88. The van der Waals surface area contributed by atoms with E-state index in [9.17, 15) is 14.5 Å². The molecule has 0 saturated heterocycles. The largest absolute Gasteiger partial charge is 0.396 e. The maximum atomic E-state index is 13.5. The maximum absolute atomic E-state index is 13.5. The van der Waals surface area contributed by atoms with E-state index in [1.165, 1.54) is 0 Å². The van der Waals surface area contributed by atoms with E-state index in [4.69, 9.17) is 16.7 Å². The van der Waals surface area contributed by atoms with Crippen LogP contribution in [-0.2, 0) is 0 Å². The standard InChI is InChI=1S/C12H16ClFN2O3/c1-8(2)15(4-3-5-17)11-7-10(14)9(13)6-12(11)16(18)19/h6-8,17H,3-5H2,1-2H3. The van der Waals surface area contributed by atoms with Gasteiger partial charge in [-0.3, -0.25) is 10.1 Å². The molecule has 0 spiro atoms. The third-order valence-corrected chi connectivity index (χ3v) is 2.99. The molecule has 0 bridgehead atoms. The summed E-state index contributed by atoms with van der Waals surface area (Å²) in [6, 6.07) is 2.02. The van der Waals surface area contributed by atoms with Crippen molar-refractivity contribution in [3.8, 4) is 0 Å². The second-order valence-corrected chi connectivity index (χ2v) is 4.78. The summed E-state index contributed by atoms with van der Waals surface area (Å²) in [5.41, 5.74) is -0.0617. The van der Waals surface area contributed by atoms with Crippen molar-refractivity contribution in [1.82, 2.24) is 0 Å². The number of nitro groups is 1. The molecule has 1 rings (SSSR count). The van der Waals surface area contributed by atoms with Crippen molar-refractivity contribution in [3.63, 3.8) is 0 Å². The lowest BCUT2D eigenvalue weighted by molar-refractivity contribution is -0.384. The Morgan fingerprint density at radius 3 is 2.63 bits per heavy atom. The van der Waals surface area contributed by atoms with Crippen LogP contribution in [0.4, 0.5) is 15.8 Å². The van der Waals surface area contributed by atoms with E-state index >= 15 is 0 Å². The van der Waals surface area contributed by atoms with E-state index in [0.717, 1.165) is 12.1 Å². The number of hydrogen-bond acceptors (Lipinski definition) is 4. The Morgan fingerprint density at radius 2 is 2.16 bits per heavy atom. The highest BCUT2D eigenvalue weighted by Crippen LogP contribution is 2.34. The lowest BCUT2D eigenvalue weighted by Crippen LogP contribution is -2.32. The van der Waals surface area contributed by atoms with Crippen LogP contribution in [0.3, 0.4) is 0 Å². The van der Waals surface area contributed by atoms with Gasteiger partial charge in [-0.15, -0.1) is 0 Å². The minimum Gasteiger partial charge on any atom is -0.396 e. The van der Waals surface area contributed by atoms with Gasteiger partial charge >= 0.3 is 0 Å². The third kappa shape index (κ3) is 3.78. The van der Waals surface area contributed by atoms with Crippen molar-refractivity contribution in [2.45, 2.75) is 26.3 Å². The summed E-state index contributed by atoms with van der Waals surface area (Å²) in [5, 5.41) is 19.6. The van der Waals surface area contributed by atoms with Gasteiger partial charge in [-0.05, 0) is 20.3 Å². The maximum Gasteiger partial charge on any atom is 0.294 e. The zero-order valence-electron chi connectivity index (χ0n) is 10.8. The molecule has 0 radical (unpaired) electrons. The molecule has 0 aliphatic carbocycles. The van der Waals surface area contributed by atoms with E-state index in [-0.39, 0.29) is 29.0 Å². The van der Waals surface area contributed by atoms with Gasteiger partial charge in [0, 0.05) is 31.3 Å². The monoisotopic (exact) mass is 290 g/mol. The number of benzene rings is 1. The smallest absolute Gasteiger partial charge is 0.294 e. The Labute approximate surface area is 115 Å².